The van der Waals surface area contributed by atoms with E-state index in [1.807, 2.05) is 6.20 Å². The van der Waals surface area contributed by atoms with Gasteiger partial charge < -0.3 is 4.98 Å². The predicted molar refractivity (Wildman–Crippen MR) is 65.2 cm³/mol. The van der Waals surface area contributed by atoms with Crippen molar-refractivity contribution in [1.82, 2.24) is 4.98 Å². The highest BCUT2D eigenvalue weighted by atomic mass is 14.7. The van der Waals surface area contributed by atoms with Crippen molar-refractivity contribution < 1.29 is 0 Å². The molecule has 1 aromatic carbocycles. The van der Waals surface area contributed by atoms with Gasteiger partial charge in [-0.3, -0.25) is 0 Å². The number of aryl methyl sites for hydroxylation is 4. The molecule has 0 aliphatic carbocycles. The molecule has 0 fully saturated rings. The molecule has 0 saturated carbocycles. The van der Waals surface area contributed by atoms with Crippen molar-refractivity contribution in [3.63, 3.8) is 0 Å². The van der Waals surface area contributed by atoms with E-state index >= 15 is 0 Å². The number of aromatic nitrogens is 1. The largest absolute Gasteiger partial charge is 0.361 e. The van der Waals surface area contributed by atoms with E-state index in [-0.39, 0.29) is 0 Å². The maximum Gasteiger partial charge on any atom is 0.0462 e. The van der Waals surface area contributed by atoms with E-state index in [0.717, 1.165) is 0 Å². The minimum atomic E-state index is 1.22. The van der Waals surface area contributed by atoms with E-state index in [1.165, 1.54) is 33.5 Å². The van der Waals surface area contributed by atoms with Gasteiger partial charge >= 0.3 is 0 Å². The third kappa shape index (κ3) is 1.82. The lowest BCUT2D eigenvalue weighted by Gasteiger charge is -2.09. The van der Waals surface area contributed by atoms with E-state index in [9.17, 15) is 0 Å². The zero-order valence-corrected chi connectivity index (χ0v) is 9.81. The number of hydrogen-bond acceptors (Lipinski definition) is 0. The van der Waals surface area contributed by atoms with E-state index < -0.39 is 0 Å². The van der Waals surface area contributed by atoms with Gasteiger partial charge in [-0.25, -0.2) is 0 Å². The van der Waals surface area contributed by atoms with E-state index in [4.69, 9.17) is 0 Å². The van der Waals surface area contributed by atoms with Crippen LogP contribution in [0, 0.1) is 27.7 Å². The van der Waals surface area contributed by atoms with Crippen LogP contribution in [0.1, 0.15) is 22.3 Å². The molecule has 2 rings (SSSR count). The molecule has 0 aliphatic heterocycles. The second kappa shape index (κ2) is 3.58. The second-order valence-electron chi connectivity index (χ2n) is 4.36. The average Bonchev–Trinajstić information content (AvgIpc) is 2.49. The molecule has 78 valence electrons. The summed E-state index contributed by atoms with van der Waals surface area (Å²) < 4.78 is 0. The van der Waals surface area contributed by atoms with Crippen LogP contribution in [0.2, 0.25) is 0 Å². The maximum atomic E-state index is 3.32. The van der Waals surface area contributed by atoms with Crippen molar-refractivity contribution >= 4 is 0 Å². The molecule has 1 nitrogen and oxygen atoms in total. The summed E-state index contributed by atoms with van der Waals surface area (Å²) in [5, 5.41) is 0. The summed E-state index contributed by atoms with van der Waals surface area (Å²) in [5.74, 6) is 0. The van der Waals surface area contributed by atoms with Crippen LogP contribution in [0.5, 0.6) is 0 Å². The Kier molecular flexibility index (Phi) is 2.39. The molecule has 0 spiro atoms. The second-order valence-corrected chi connectivity index (χ2v) is 4.36. The molecular weight excluding hydrogens is 182 g/mol. The molecule has 0 radical (unpaired) electrons. The van der Waals surface area contributed by atoms with Crippen LogP contribution in [-0.2, 0) is 0 Å². The predicted octanol–water partition coefficient (Wildman–Crippen LogP) is 3.92. The van der Waals surface area contributed by atoms with Gasteiger partial charge in [0.05, 0.1) is 0 Å². The normalized spacial score (nSPS) is 10.7. The number of aromatic amines is 1. The van der Waals surface area contributed by atoms with Gasteiger partial charge in [0.2, 0.25) is 0 Å². The van der Waals surface area contributed by atoms with Crippen molar-refractivity contribution in [3.05, 3.63) is 46.6 Å². The van der Waals surface area contributed by atoms with Crippen LogP contribution >= 0.6 is 0 Å². The zero-order valence-electron chi connectivity index (χ0n) is 9.81. The van der Waals surface area contributed by atoms with Gasteiger partial charge in [0.25, 0.3) is 0 Å². The molecule has 0 atom stereocenters. The Hall–Kier alpha value is -1.50. The van der Waals surface area contributed by atoms with Crippen LogP contribution in [0.4, 0.5) is 0 Å². The van der Waals surface area contributed by atoms with Crippen molar-refractivity contribution in [3.8, 4) is 11.3 Å². The van der Waals surface area contributed by atoms with Crippen LogP contribution in [-0.4, -0.2) is 4.98 Å². The minimum Gasteiger partial charge on any atom is -0.361 e. The number of hydrogen-bond donors (Lipinski definition) is 1. The molecule has 1 heteroatoms. The standard InChI is InChI=1S/C14H17N/c1-9-5-11(3)14(12(4)6-9)13-7-10(2)8-15-13/h5-8,15H,1-4H3. The van der Waals surface area contributed by atoms with Crippen molar-refractivity contribution in [2.24, 2.45) is 0 Å². The first-order valence-corrected chi connectivity index (χ1v) is 5.31. The van der Waals surface area contributed by atoms with E-state index in [0.29, 0.717) is 0 Å². The van der Waals surface area contributed by atoms with Gasteiger partial charge in [-0.1, -0.05) is 17.7 Å². The van der Waals surface area contributed by atoms with Gasteiger partial charge in [0.1, 0.15) is 0 Å². The summed E-state index contributed by atoms with van der Waals surface area (Å²) in [4.78, 5) is 3.32. The first-order valence-electron chi connectivity index (χ1n) is 5.31. The fourth-order valence-corrected chi connectivity index (χ4v) is 2.25. The quantitative estimate of drug-likeness (QED) is 0.716. The summed E-state index contributed by atoms with van der Waals surface area (Å²) in [7, 11) is 0. The Balaban J connectivity index is 2.62. The van der Waals surface area contributed by atoms with Crippen molar-refractivity contribution in [2.45, 2.75) is 27.7 Å². The fraction of sp³-hybridized carbons (Fsp3) is 0.286. The number of nitrogens with one attached hydrogen (secondary N) is 1. The first-order chi connectivity index (χ1) is 7.08. The van der Waals surface area contributed by atoms with Crippen molar-refractivity contribution in [1.29, 1.82) is 0 Å². The van der Waals surface area contributed by atoms with Gasteiger partial charge in [0.15, 0.2) is 0 Å². The average molecular weight is 199 g/mol. The Morgan fingerprint density at radius 3 is 1.87 bits per heavy atom. The molecular formula is C14H17N. The molecule has 0 bridgehead atoms. The summed E-state index contributed by atoms with van der Waals surface area (Å²) in [5.41, 5.74) is 7.86. The van der Waals surface area contributed by atoms with E-state index in [2.05, 4.69) is 50.9 Å². The van der Waals surface area contributed by atoms with Gasteiger partial charge in [-0.15, -0.1) is 0 Å². The third-order valence-electron chi connectivity index (χ3n) is 2.77. The van der Waals surface area contributed by atoms with Crippen LogP contribution in [0.3, 0.4) is 0 Å². The monoisotopic (exact) mass is 199 g/mol. The highest BCUT2D eigenvalue weighted by Crippen LogP contribution is 2.27. The summed E-state index contributed by atoms with van der Waals surface area (Å²) in [6.07, 6.45) is 2.05. The molecule has 1 N–H and O–H groups in total. The number of rotatable bonds is 1. The number of H-pyrrole nitrogens is 1. The summed E-state index contributed by atoms with van der Waals surface area (Å²) in [6.45, 7) is 8.60. The maximum absolute atomic E-state index is 3.32. The minimum absolute atomic E-state index is 1.22. The fourth-order valence-electron chi connectivity index (χ4n) is 2.25. The van der Waals surface area contributed by atoms with E-state index in [1.54, 1.807) is 0 Å². The summed E-state index contributed by atoms with van der Waals surface area (Å²) >= 11 is 0. The molecule has 0 aliphatic rings. The van der Waals surface area contributed by atoms with Crippen LogP contribution in [0.15, 0.2) is 24.4 Å². The highest BCUT2D eigenvalue weighted by Gasteiger charge is 2.07. The van der Waals surface area contributed by atoms with Gasteiger partial charge in [-0.2, -0.15) is 0 Å². The molecule has 0 saturated heterocycles. The SMILES string of the molecule is Cc1c[nH]c(-c2c(C)cc(C)cc2C)c1. The topological polar surface area (TPSA) is 15.8 Å². The Labute approximate surface area is 91.2 Å². The van der Waals surface area contributed by atoms with Gasteiger partial charge in [0, 0.05) is 17.5 Å². The highest BCUT2D eigenvalue weighted by molar-refractivity contribution is 5.68. The molecule has 15 heavy (non-hydrogen) atoms. The Morgan fingerprint density at radius 2 is 1.40 bits per heavy atom. The van der Waals surface area contributed by atoms with Crippen LogP contribution in [0.25, 0.3) is 11.3 Å². The summed E-state index contributed by atoms with van der Waals surface area (Å²) in [6, 6.07) is 6.67. The molecule has 0 amide bonds. The number of benzene rings is 1. The lowest BCUT2D eigenvalue weighted by atomic mass is 9.97. The lowest BCUT2D eigenvalue weighted by Crippen LogP contribution is -1.89. The Bertz CT molecular complexity index is 469. The van der Waals surface area contributed by atoms with Gasteiger partial charge in [-0.05, 0) is 50.5 Å². The first kappa shape index (κ1) is 10.0. The Morgan fingerprint density at radius 1 is 0.800 bits per heavy atom. The molecule has 1 heterocycles. The smallest absolute Gasteiger partial charge is 0.0462 e. The molecule has 2 aromatic rings. The van der Waals surface area contributed by atoms with Crippen molar-refractivity contribution in [2.75, 3.05) is 0 Å². The van der Waals surface area contributed by atoms with Crippen LogP contribution < -0.4 is 0 Å². The zero-order chi connectivity index (χ0) is 11.0. The third-order valence-corrected chi connectivity index (χ3v) is 2.77. The molecule has 0 unspecified atom stereocenters. The molecule has 1 aromatic heterocycles. The lowest BCUT2D eigenvalue weighted by molar-refractivity contribution is 1.29.